The highest BCUT2D eigenvalue weighted by atomic mass is 35.5. The lowest BCUT2D eigenvalue weighted by atomic mass is 10.1. The van der Waals surface area contributed by atoms with Crippen molar-refractivity contribution in [2.24, 2.45) is 0 Å². The van der Waals surface area contributed by atoms with E-state index in [4.69, 9.17) is 11.6 Å². The highest BCUT2D eigenvalue weighted by Crippen LogP contribution is 2.30. The number of aryl methyl sites for hydroxylation is 2. The summed E-state index contributed by atoms with van der Waals surface area (Å²) >= 11 is 6.27. The van der Waals surface area contributed by atoms with Gasteiger partial charge in [0.2, 0.25) is 11.8 Å². The van der Waals surface area contributed by atoms with Gasteiger partial charge in [0.25, 0.3) is 10.0 Å². The van der Waals surface area contributed by atoms with Crippen molar-refractivity contribution in [3.05, 3.63) is 94.5 Å². The Balaban J connectivity index is 2.07. The van der Waals surface area contributed by atoms with Gasteiger partial charge in [0.05, 0.1) is 10.6 Å². The van der Waals surface area contributed by atoms with Gasteiger partial charge in [0.1, 0.15) is 12.6 Å². The Bertz CT molecular complexity index is 1420. The molecule has 2 amide bonds. The van der Waals surface area contributed by atoms with E-state index in [0.717, 1.165) is 15.4 Å². The topological polar surface area (TPSA) is 86.8 Å². The third kappa shape index (κ3) is 7.83. The molecule has 1 N–H and O–H groups in total. The Morgan fingerprint density at radius 3 is 2.15 bits per heavy atom. The van der Waals surface area contributed by atoms with Crippen LogP contribution >= 0.6 is 11.6 Å². The van der Waals surface area contributed by atoms with Crippen LogP contribution < -0.4 is 9.62 Å². The van der Waals surface area contributed by atoms with Crippen LogP contribution in [-0.4, -0.2) is 43.3 Å². The molecule has 3 aromatic rings. The van der Waals surface area contributed by atoms with Crippen LogP contribution in [-0.2, 0) is 26.2 Å². The van der Waals surface area contributed by atoms with Crippen molar-refractivity contribution >= 4 is 39.1 Å². The van der Waals surface area contributed by atoms with Crippen LogP contribution in [0, 0.1) is 13.8 Å². The van der Waals surface area contributed by atoms with Gasteiger partial charge in [-0.3, -0.25) is 13.9 Å². The molecular weight excluding hydrogens is 534 g/mol. The second kappa shape index (κ2) is 12.2. The van der Waals surface area contributed by atoms with Gasteiger partial charge in [-0.25, -0.2) is 8.42 Å². The summed E-state index contributed by atoms with van der Waals surface area (Å²) in [7, 11) is -4.16. The number of nitrogens with zero attached hydrogens (tertiary/aromatic N) is 2. The van der Waals surface area contributed by atoms with Crippen LogP contribution in [0.5, 0.6) is 0 Å². The van der Waals surface area contributed by atoms with E-state index in [1.165, 1.54) is 23.1 Å². The summed E-state index contributed by atoms with van der Waals surface area (Å²) in [6.07, 6.45) is 0. The summed E-state index contributed by atoms with van der Waals surface area (Å²) in [5, 5.41) is 3.26. The number of hydrogen-bond acceptors (Lipinski definition) is 4. The Labute approximate surface area is 236 Å². The summed E-state index contributed by atoms with van der Waals surface area (Å²) in [6.45, 7) is 10.5. The minimum Gasteiger partial charge on any atom is -0.350 e. The molecule has 7 nitrogen and oxygen atoms in total. The van der Waals surface area contributed by atoms with Crippen molar-refractivity contribution in [1.29, 1.82) is 0 Å². The second-order valence-electron chi connectivity index (χ2n) is 10.7. The summed E-state index contributed by atoms with van der Waals surface area (Å²) in [4.78, 5) is 28.6. The van der Waals surface area contributed by atoms with Crippen LogP contribution in [0.2, 0.25) is 5.02 Å². The molecule has 0 unspecified atom stereocenters. The molecule has 0 saturated carbocycles. The van der Waals surface area contributed by atoms with Crippen molar-refractivity contribution in [3.63, 3.8) is 0 Å². The predicted octanol–water partition coefficient (Wildman–Crippen LogP) is 5.48. The Hall–Kier alpha value is -3.36. The average molecular weight is 570 g/mol. The SMILES string of the molecule is Cc1ccc(S(=O)(=O)N(CC(=O)N(Cc2ccccc2)[C@H](C)C(=O)NC(C)(C)C)c2cc(Cl)ccc2C)cc1. The van der Waals surface area contributed by atoms with Gasteiger partial charge in [-0.2, -0.15) is 0 Å². The molecule has 0 spiro atoms. The van der Waals surface area contributed by atoms with Gasteiger partial charge in [-0.05, 0) is 76.9 Å². The molecule has 0 heterocycles. The number of hydrogen-bond donors (Lipinski definition) is 1. The zero-order chi connectivity index (χ0) is 29.0. The standard InChI is InChI=1S/C30H36ClN3O4S/c1-21-12-16-26(17-13-21)39(37,38)34(27-18-25(31)15-14-22(27)2)20-28(35)33(19-24-10-8-7-9-11-24)23(3)29(36)32-30(4,5)6/h7-18,23H,19-20H2,1-6H3,(H,32,36)/t23-/m1/s1. The molecule has 0 aliphatic carbocycles. The highest BCUT2D eigenvalue weighted by Gasteiger charge is 2.34. The van der Waals surface area contributed by atoms with E-state index < -0.39 is 34.1 Å². The maximum absolute atomic E-state index is 14.0. The van der Waals surface area contributed by atoms with E-state index in [9.17, 15) is 18.0 Å². The molecule has 0 aromatic heterocycles. The van der Waals surface area contributed by atoms with Gasteiger partial charge < -0.3 is 10.2 Å². The van der Waals surface area contributed by atoms with E-state index in [0.29, 0.717) is 16.3 Å². The van der Waals surface area contributed by atoms with Crippen LogP contribution in [0.15, 0.2) is 77.7 Å². The molecular formula is C30H36ClN3O4S. The van der Waals surface area contributed by atoms with Crippen molar-refractivity contribution in [3.8, 4) is 0 Å². The zero-order valence-electron chi connectivity index (χ0n) is 23.2. The fraction of sp³-hybridized carbons (Fsp3) is 0.333. The third-order valence-electron chi connectivity index (χ3n) is 6.19. The molecule has 0 bridgehead atoms. The first-order valence-electron chi connectivity index (χ1n) is 12.7. The maximum atomic E-state index is 14.0. The van der Waals surface area contributed by atoms with Gasteiger partial charge in [0, 0.05) is 17.1 Å². The summed E-state index contributed by atoms with van der Waals surface area (Å²) in [5.41, 5.74) is 2.14. The molecule has 3 aromatic carbocycles. The molecule has 0 saturated heterocycles. The lowest BCUT2D eigenvalue weighted by Gasteiger charge is -2.34. The molecule has 0 aliphatic rings. The van der Waals surface area contributed by atoms with Crippen molar-refractivity contribution < 1.29 is 18.0 Å². The minimum atomic E-state index is -4.16. The van der Waals surface area contributed by atoms with Gasteiger partial charge >= 0.3 is 0 Å². The zero-order valence-corrected chi connectivity index (χ0v) is 24.8. The van der Waals surface area contributed by atoms with E-state index in [-0.39, 0.29) is 17.3 Å². The highest BCUT2D eigenvalue weighted by molar-refractivity contribution is 7.92. The monoisotopic (exact) mass is 569 g/mol. The second-order valence-corrected chi connectivity index (χ2v) is 13.0. The van der Waals surface area contributed by atoms with E-state index >= 15 is 0 Å². The first-order chi connectivity index (χ1) is 18.2. The van der Waals surface area contributed by atoms with Crippen LogP contribution in [0.3, 0.4) is 0 Å². The van der Waals surface area contributed by atoms with Crippen LogP contribution in [0.1, 0.15) is 44.4 Å². The molecule has 9 heteroatoms. The maximum Gasteiger partial charge on any atom is 0.264 e. The normalized spacial score (nSPS) is 12.5. The smallest absolute Gasteiger partial charge is 0.264 e. The largest absolute Gasteiger partial charge is 0.350 e. The third-order valence-corrected chi connectivity index (χ3v) is 8.20. The number of rotatable bonds is 9. The van der Waals surface area contributed by atoms with Crippen molar-refractivity contribution in [2.45, 2.75) is 64.6 Å². The number of benzene rings is 3. The Morgan fingerprint density at radius 1 is 0.949 bits per heavy atom. The number of anilines is 1. The summed E-state index contributed by atoms with van der Waals surface area (Å²) in [6, 6.07) is 19.8. The minimum absolute atomic E-state index is 0.0495. The Morgan fingerprint density at radius 2 is 1.56 bits per heavy atom. The number of halogens is 1. The van der Waals surface area contributed by atoms with Gasteiger partial charge in [-0.1, -0.05) is 65.7 Å². The fourth-order valence-electron chi connectivity index (χ4n) is 4.04. The summed E-state index contributed by atoms with van der Waals surface area (Å²) < 4.78 is 29.0. The lowest BCUT2D eigenvalue weighted by molar-refractivity contribution is -0.140. The number of nitrogens with one attached hydrogen (secondary N) is 1. The summed E-state index contributed by atoms with van der Waals surface area (Å²) in [5.74, 6) is -0.857. The van der Waals surface area contributed by atoms with E-state index in [2.05, 4.69) is 5.32 Å². The number of carbonyl (C=O) groups excluding carboxylic acids is 2. The molecule has 39 heavy (non-hydrogen) atoms. The fourth-order valence-corrected chi connectivity index (χ4v) is 5.68. The molecule has 208 valence electrons. The Kier molecular flexibility index (Phi) is 9.46. The van der Waals surface area contributed by atoms with E-state index in [1.807, 2.05) is 58.0 Å². The average Bonchev–Trinajstić information content (AvgIpc) is 2.86. The van der Waals surface area contributed by atoms with Gasteiger partial charge in [0.15, 0.2) is 0 Å². The van der Waals surface area contributed by atoms with Crippen LogP contribution in [0.25, 0.3) is 0 Å². The molecule has 1 atom stereocenters. The van der Waals surface area contributed by atoms with Crippen molar-refractivity contribution in [2.75, 3.05) is 10.8 Å². The number of sulfonamides is 1. The van der Waals surface area contributed by atoms with Crippen molar-refractivity contribution in [1.82, 2.24) is 10.2 Å². The molecule has 0 fully saturated rings. The lowest BCUT2D eigenvalue weighted by Crippen LogP contribution is -2.54. The quantitative estimate of drug-likeness (QED) is 0.369. The first kappa shape index (κ1) is 30.2. The number of amides is 2. The number of carbonyl (C=O) groups is 2. The van der Waals surface area contributed by atoms with Gasteiger partial charge in [-0.15, -0.1) is 0 Å². The van der Waals surface area contributed by atoms with Crippen LogP contribution in [0.4, 0.5) is 5.69 Å². The predicted molar refractivity (Wildman–Crippen MR) is 156 cm³/mol. The molecule has 3 rings (SSSR count). The first-order valence-corrected chi connectivity index (χ1v) is 14.5. The van der Waals surface area contributed by atoms with E-state index in [1.54, 1.807) is 38.1 Å². The molecule has 0 aliphatic heterocycles. The molecule has 0 radical (unpaired) electrons.